The molecule has 0 unspecified atom stereocenters. The molecule has 0 heterocycles. The van der Waals surface area contributed by atoms with Gasteiger partial charge >= 0.3 is 11.9 Å². The summed E-state index contributed by atoms with van der Waals surface area (Å²) in [4.78, 5) is 45.7. The predicted molar refractivity (Wildman–Crippen MR) is 186 cm³/mol. The van der Waals surface area contributed by atoms with Gasteiger partial charge in [0, 0.05) is 12.7 Å². The summed E-state index contributed by atoms with van der Waals surface area (Å²) < 4.78 is 4.94. The molecular formula is C37H58O9. The van der Waals surface area contributed by atoms with Gasteiger partial charge in [-0.05, 0) is 93.5 Å². The zero-order chi connectivity index (χ0) is 34.4. The van der Waals surface area contributed by atoms with E-state index in [1.165, 1.54) is 0 Å². The summed E-state index contributed by atoms with van der Waals surface area (Å²) in [7, 11) is 1.71. The van der Waals surface area contributed by atoms with Crippen molar-refractivity contribution in [1.29, 1.82) is 0 Å². The summed E-state index contributed by atoms with van der Waals surface area (Å²) in [5.41, 5.74) is 0.747. The number of rotatable bonds is 4. The second-order valence-corrected chi connectivity index (χ2v) is 12.0. The highest BCUT2D eigenvalue weighted by Gasteiger charge is 2.16. The number of ketones is 1. The van der Waals surface area contributed by atoms with Crippen molar-refractivity contribution in [2.24, 2.45) is 0 Å². The van der Waals surface area contributed by atoms with Gasteiger partial charge in [-0.3, -0.25) is 14.9 Å². The molecule has 0 aromatic heterocycles. The van der Waals surface area contributed by atoms with Crippen molar-refractivity contribution in [3.8, 4) is 0 Å². The van der Waals surface area contributed by atoms with Crippen LogP contribution in [0.25, 0.3) is 0 Å². The molecule has 0 saturated heterocycles. The Morgan fingerprint density at radius 3 is 1.07 bits per heavy atom. The third-order valence-corrected chi connectivity index (χ3v) is 4.46. The maximum Gasteiger partial charge on any atom is 0.373 e. The lowest BCUT2D eigenvalue weighted by atomic mass is 10.2. The molecule has 0 radical (unpaired) electrons. The van der Waals surface area contributed by atoms with Crippen molar-refractivity contribution in [3.05, 3.63) is 108 Å². The number of methoxy groups -OCH3 is 1. The van der Waals surface area contributed by atoms with Crippen LogP contribution in [0.5, 0.6) is 0 Å². The van der Waals surface area contributed by atoms with E-state index in [2.05, 4.69) is 9.78 Å². The maximum absolute atomic E-state index is 11.3. The first-order valence-corrected chi connectivity index (χ1v) is 13.9. The van der Waals surface area contributed by atoms with Gasteiger partial charge in [0.2, 0.25) is 0 Å². The zero-order valence-corrected chi connectivity index (χ0v) is 27.9. The highest BCUT2D eigenvalue weighted by molar-refractivity contribution is 5.93. The summed E-state index contributed by atoms with van der Waals surface area (Å²) in [5.74, 6) is -1.23. The van der Waals surface area contributed by atoms with Crippen molar-refractivity contribution in [1.82, 2.24) is 0 Å². The molecule has 0 fully saturated rings. The van der Waals surface area contributed by atoms with Gasteiger partial charge in [-0.15, -0.1) is 0 Å². The molecule has 260 valence electrons. The van der Waals surface area contributed by atoms with E-state index in [9.17, 15) is 14.4 Å². The largest absolute Gasteiger partial charge is 0.478 e. The van der Waals surface area contributed by atoms with Gasteiger partial charge in [0.25, 0.3) is 0 Å². The van der Waals surface area contributed by atoms with Gasteiger partial charge in [0.05, 0.1) is 22.3 Å². The topological polar surface area (TPSA) is 129 Å². The molecule has 9 heteroatoms. The Hall–Kier alpha value is -3.89. The normalized spacial score (nSPS) is 10.0. The molecular weight excluding hydrogens is 588 g/mol. The van der Waals surface area contributed by atoms with E-state index in [4.69, 9.17) is 20.0 Å². The highest BCUT2D eigenvalue weighted by Crippen LogP contribution is 2.10. The molecule has 0 aliphatic carbocycles. The van der Waals surface area contributed by atoms with E-state index >= 15 is 0 Å². The number of carboxylic acid groups (broad SMARTS) is 1. The Morgan fingerprint density at radius 1 is 0.565 bits per heavy atom. The van der Waals surface area contributed by atoms with Crippen LogP contribution < -0.4 is 0 Å². The fourth-order valence-corrected chi connectivity index (χ4v) is 2.04. The Labute approximate surface area is 277 Å². The van der Waals surface area contributed by atoms with Gasteiger partial charge < -0.3 is 9.84 Å². The van der Waals surface area contributed by atoms with Gasteiger partial charge in [-0.1, -0.05) is 81.6 Å². The summed E-state index contributed by atoms with van der Waals surface area (Å²) in [6, 6.07) is 26.3. The van der Waals surface area contributed by atoms with Gasteiger partial charge in [0.1, 0.15) is 5.60 Å². The second kappa shape index (κ2) is 25.3. The molecule has 0 aliphatic heterocycles. The smallest absolute Gasteiger partial charge is 0.373 e. The van der Waals surface area contributed by atoms with Crippen LogP contribution in [-0.4, -0.2) is 52.0 Å². The Kier molecular flexibility index (Phi) is 27.0. The number of carbonyl (C=O) groups is 3. The van der Waals surface area contributed by atoms with Crippen molar-refractivity contribution in [2.45, 2.75) is 101 Å². The highest BCUT2D eigenvalue weighted by atomic mass is 17.2. The molecule has 46 heavy (non-hydrogen) atoms. The van der Waals surface area contributed by atoms with E-state index in [1.54, 1.807) is 89.4 Å². The average molecular weight is 647 g/mol. The van der Waals surface area contributed by atoms with E-state index < -0.39 is 23.1 Å². The molecule has 0 amide bonds. The monoisotopic (exact) mass is 646 g/mol. The lowest BCUT2D eigenvalue weighted by Gasteiger charge is -2.16. The van der Waals surface area contributed by atoms with Crippen LogP contribution in [0.4, 0.5) is 0 Å². The first-order chi connectivity index (χ1) is 20.2. The van der Waals surface area contributed by atoms with E-state index in [0.717, 1.165) is 5.56 Å². The van der Waals surface area contributed by atoms with Gasteiger partial charge in [0.15, 0.2) is 5.78 Å². The van der Waals surface area contributed by atoms with Crippen LogP contribution in [0.15, 0.2) is 91.0 Å². The Morgan fingerprint density at radius 2 is 0.870 bits per heavy atom. The van der Waals surface area contributed by atoms with E-state index in [-0.39, 0.29) is 26.2 Å². The Balaban J connectivity index is -0.000000247. The third-order valence-electron chi connectivity index (χ3n) is 4.46. The van der Waals surface area contributed by atoms with Crippen molar-refractivity contribution in [2.75, 3.05) is 7.11 Å². The van der Waals surface area contributed by atoms with Crippen LogP contribution in [0.1, 0.15) is 115 Å². The van der Waals surface area contributed by atoms with Gasteiger partial charge in [-0.25, -0.2) is 14.5 Å². The van der Waals surface area contributed by atoms with Crippen molar-refractivity contribution in [3.63, 3.8) is 0 Å². The number of carbonyl (C=O) groups excluding carboxylic acids is 2. The molecule has 3 aromatic rings. The SMILES string of the molecule is C.C.CC(=O)c1ccccc1.CC(C)(C)OO.CC(C)(C)OOC(=O)c1ccccc1.COC(C)(C)C.O=C(O)c1ccccc1. The van der Waals surface area contributed by atoms with Crippen LogP contribution >= 0.6 is 0 Å². The van der Waals surface area contributed by atoms with E-state index in [1.807, 2.05) is 77.9 Å². The fourth-order valence-electron chi connectivity index (χ4n) is 2.04. The minimum atomic E-state index is -0.879. The number of carboxylic acids is 1. The number of hydrogen-bond donors (Lipinski definition) is 2. The third kappa shape index (κ3) is 31.5. The summed E-state index contributed by atoms with van der Waals surface area (Å²) in [6.45, 7) is 18.4. The Bertz CT molecular complexity index is 1110. The van der Waals surface area contributed by atoms with Gasteiger partial charge in [-0.2, -0.15) is 4.89 Å². The lowest BCUT2D eigenvalue weighted by Crippen LogP contribution is -2.21. The molecule has 0 saturated carbocycles. The first-order valence-electron chi connectivity index (χ1n) is 13.9. The predicted octanol–water partition coefficient (Wildman–Crippen LogP) is 9.83. The number of ether oxygens (including phenoxy) is 1. The molecule has 0 aliphatic rings. The number of benzene rings is 3. The minimum Gasteiger partial charge on any atom is -0.478 e. The average Bonchev–Trinajstić information content (AvgIpc) is 2.97. The summed E-state index contributed by atoms with van der Waals surface area (Å²) >= 11 is 0. The minimum absolute atomic E-state index is 0. The molecule has 9 nitrogen and oxygen atoms in total. The quantitative estimate of drug-likeness (QED) is 0.162. The fraction of sp³-hybridized carbons (Fsp3) is 0.432. The number of aromatic carboxylic acids is 1. The second-order valence-electron chi connectivity index (χ2n) is 12.0. The van der Waals surface area contributed by atoms with E-state index in [0.29, 0.717) is 11.1 Å². The summed E-state index contributed by atoms with van der Waals surface area (Å²) in [6.07, 6.45) is 0. The molecule has 0 spiro atoms. The number of hydrogen-bond acceptors (Lipinski definition) is 8. The molecule has 0 atom stereocenters. The first kappa shape index (κ1) is 49.0. The zero-order valence-electron chi connectivity index (χ0n) is 27.9. The lowest BCUT2D eigenvalue weighted by molar-refractivity contribution is -0.306. The van der Waals surface area contributed by atoms with Crippen molar-refractivity contribution >= 4 is 17.7 Å². The molecule has 3 rings (SSSR count). The van der Waals surface area contributed by atoms with Crippen LogP contribution in [0, 0.1) is 0 Å². The summed E-state index contributed by atoms with van der Waals surface area (Å²) in [5, 5.41) is 16.3. The standard InChI is InChI=1S/C11H14O3.C8H8O.C7H6O2.C5H12O.C4H10O2.2CH4/c1-11(2,3)14-13-10(12)9-7-5-4-6-8-9;1-7(9)8-5-3-2-4-6-8;8-7(9)6-4-2-1-3-5-6;1-5(2,3)6-4;1-4(2,3)6-5;;/h4-8H,1-3H3;2-6H,1H3;1-5H,(H,8,9);1-4H3;5H,1-3H3;2*1H4. The molecule has 3 aromatic carbocycles. The van der Waals surface area contributed by atoms with Crippen LogP contribution in [-0.2, 0) is 19.4 Å². The number of Topliss-reactive ketones (excluding diaryl/α,β-unsaturated/α-hetero) is 1. The molecule has 2 N–H and O–H groups in total. The van der Waals surface area contributed by atoms with Crippen molar-refractivity contribution < 1.29 is 44.1 Å². The van der Waals surface area contributed by atoms with Crippen LogP contribution in [0.2, 0.25) is 0 Å². The molecule has 0 bridgehead atoms. The maximum atomic E-state index is 11.3. The van der Waals surface area contributed by atoms with Crippen LogP contribution in [0.3, 0.4) is 0 Å².